The lowest BCUT2D eigenvalue weighted by atomic mass is 10.2. The maximum Gasteiger partial charge on any atom is 0.341 e. The zero-order valence-electron chi connectivity index (χ0n) is 17.7. The maximum atomic E-state index is 13.0. The summed E-state index contributed by atoms with van der Waals surface area (Å²) in [5, 5.41) is 5.64. The van der Waals surface area contributed by atoms with Gasteiger partial charge in [-0.05, 0) is 43.3 Å². The number of anilines is 3. The molecule has 12 heteroatoms. The van der Waals surface area contributed by atoms with E-state index < -0.39 is 26.4 Å². The van der Waals surface area contributed by atoms with Crippen molar-refractivity contribution in [1.82, 2.24) is 19.5 Å². The number of rotatable bonds is 7. The molecule has 1 amide bonds. The lowest BCUT2D eigenvalue weighted by Crippen LogP contribution is -2.19. The molecular weight excluding hydrogens is 466 g/mol. The second-order valence-corrected chi connectivity index (χ2v) is 8.95. The SMILES string of the molecule is Cc1nccn1-c1cc(Nc2ccc(NC(=O)c3ccccc3S(=O)(=O)C(F)F)cc2)ncn1. The first-order valence-electron chi connectivity index (χ1n) is 9.87. The molecule has 34 heavy (non-hydrogen) atoms. The van der Waals surface area contributed by atoms with Crippen molar-refractivity contribution in [3.63, 3.8) is 0 Å². The fourth-order valence-electron chi connectivity index (χ4n) is 3.15. The summed E-state index contributed by atoms with van der Waals surface area (Å²) < 4.78 is 51.5. The van der Waals surface area contributed by atoms with Crippen molar-refractivity contribution < 1.29 is 22.0 Å². The fraction of sp³-hybridized carbons (Fsp3) is 0.0909. The van der Waals surface area contributed by atoms with Crippen LogP contribution in [-0.4, -0.2) is 39.6 Å². The van der Waals surface area contributed by atoms with E-state index >= 15 is 0 Å². The van der Waals surface area contributed by atoms with Gasteiger partial charge in [-0.3, -0.25) is 9.36 Å². The predicted octanol–water partition coefficient (Wildman–Crippen LogP) is 3.96. The zero-order valence-corrected chi connectivity index (χ0v) is 18.5. The summed E-state index contributed by atoms with van der Waals surface area (Å²) in [6.07, 6.45) is 4.86. The van der Waals surface area contributed by atoms with E-state index in [-0.39, 0.29) is 5.56 Å². The van der Waals surface area contributed by atoms with E-state index in [0.29, 0.717) is 23.0 Å². The summed E-state index contributed by atoms with van der Waals surface area (Å²) in [6.45, 7) is 1.85. The standard InChI is InChI=1S/C22H18F2N6O3S/c1-14-25-10-11-30(14)20-12-19(26-13-27-20)28-15-6-8-16(9-7-15)29-21(31)17-4-2-3-5-18(17)34(32,33)22(23)24/h2-13,22H,1H3,(H,29,31)(H,26,27,28). The van der Waals surface area contributed by atoms with Crippen LogP contribution in [0.3, 0.4) is 0 Å². The van der Waals surface area contributed by atoms with Crippen molar-refractivity contribution in [2.24, 2.45) is 0 Å². The van der Waals surface area contributed by atoms with Crippen molar-refractivity contribution in [3.05, 3.63) is 84.7 Å². The minimum atomic E-state index is -4.93. The Balaban J connectivity index is 1.49. The number of halogens is 2. The third-order valence-electron chi connectivity index (χ3n) is 4.81. The van der Waals surface area contributed by atoms with E-state index in [1.807, 2.05) is 6.92 Å². The number of nitrogens with zero attached hydrogens (tertiary/aromatic N) is 4. The van der Waals surface area contributed by atoms with Gasteiger partial charge in [0.25, 0.3) is 5.91 Å². The van der Waals surface area contributed by atoms with Crippen LogP contribution in [0, 0.1) is 6.92 Å². The minimum Gasteiger partial charge on any atom is -0.340 e. The lowest BCUT2D eigenvalue weighted by Gasteiger charge is -2.11. The number of nitrogens with one attached hydrogen (secondary N) is 2. The Bertz CT molecular complexity index is 1440. The second kappa shape index (κ2) is 9.35. The average Bonchev–Trinajstić information content (AvgIpc) is 3.26. The normalized spacial score (nSPS) is 11.4. The molecule has 4 rings (SSSR count). The van der Waals surface area contributed by atoms with Crippen LogP contribution in [-0.2, 0) is 9.84 Å². The Morgan fingerprint density at radius 2 is 1.71 bits per heavy atom. The molecule has 0 unspecified atom stereocenters. The number of imidazole rings is 1. The van der Waals surface area contributed by atoms with Crippen LogP contribution < -0.4 is 10.6 Å². The molecule has 2 heterocycles. The van der Waals surface area contributed by atoms with Gasteiger partial charge in [-0.15, -0.1) is 0 Å². The molecule has 0 bridgehead atoms. The van der Waals surface area contributed by atoms with Gasteiger partial charge in [-0.1, -0.05) is 12.1 Å². The summed E-state index contributed by atoms with van der Waals surface area (Å²) in [6, 6.07) is 13.1. The number of carbonyl (C=O) groups excluding carboxylic acids is 1. The third-order valence-corrected chi connectivity index (χ3v) is 6.25. The largest absolute Gasteiger partial charge is 0.341 e. The minimum absolute atomic E-state index is 0.345. The Labute approximate surface area is 193 Å². The van der Waals surface area contributed by atoms with Crippen LogP contribution in [0.2, 0.25) is 0 Å². The van der Waals surface area contributed by atoms with Gasteiger partial charge in [-0.2, -0.15) is 8.78 Å². The van der Waals surface area contributed by atoms with E-state index in [9.17, 15) is 22.0 Å². The molecule has 0 aliphatic heterocycles. The van der Waals surface area contributed by atoms with Crippen molar-refractivity contribution in [2.75, 3.05) is 10.6 Å². The molecule has 0 saturated heterocycles. The highest BCUT2D eigenvalue weighted by Gasteiger charge is 2.30. The molecule has 0 atom stereocenters. The summed E-state index contributed by atoms with van der Waals surface area (Å²) in [7, 11) is -4.93. The molecule has 2 N–H and O–H groups in total. The van der Waals surface area contributed by atoms with Gasteiger partial charge in [0.1, 0.15) is 23.8 Å². The van der Waals surface area contributed by atoms with Crippen LogP contribution in [0.4, 0.5) is 26.0 Å². The summed E-state index contributed by atoms with van der Waals surface area (Å²) in [5.41, 5.74) is 0.635. The first kappa shape index (κ1) is 23.0. The Morgan fingerprint density at radius 1 is 1.00 bits per heavy atom. The van der Waals surface area contributed by atoms with E-state index in [4.69, 9.17) is 0 Å². The van der Waals surface area contributed by atoms with Gasteiger partial charge in [0, 0.05) is 29.8 Å². The van der Waals surface area contributed by atoms with Crippen LogP contribution in [0.5, 0.6) is 0 Å². The highest BCUT2D eigenvalue weighted by molar-refractivity contribution is 7.91. The molecule has 0 aliphatic carbocycles. The molecule has 9 nitrogen and oxygen atoms in total. The van der Waals surface area contributed by atoms with Crippen molar-refractivity contribution in [3.8, 4) is 5.82 Å². The highest BCUT2D eigenvalue weighted by atomic mass is 32.2. The van der Waals surface area contributed by atoms with Crippen LogP contribution >= 0.6 is 0 Å². The number of hydrogen-bond donors (Lipinski definition) is 2. The molecular formula is C22H18F2N6O3S. The monoisotopic (exact) mass is 484 g/mol. The molecule has 4 aromatic rings. The number of benzene rings is 2. The smallest absolute Gasteiger partial charge is 0.340 e. The number of amides is 1. The van der Waals surface area contributed by atoms with Crippen LogP contribution in [0.1, 0.15) is 16.2 Å². The number of aromatic nitrogens is 4. The summed E-state index contributed by atoms with van der Waals surface area (Å²) >= 11 is 0. The maximum absolute atomic E-state index is 13.0. The molecule has 0 fully saturated rings. The first-order valence-corrected chi connectivity index (χ1v) is 11.4. The number of carbonyl (C=O) groups is 1. The third kappa shape index (κ3) is 4.76. The quantitative estimate of drug-likeness (QED) is 0.407. The average molecular weight is 484 g/mol. The molecule has 2 aromatic carbocycles. The molecule has 174 valence electrons. The van der Waals surface area contributed by atoms with Gasteiger partial charge in [-0.25, -0.2) is 23.4 Å². The zero-order chi connectivity index (χ0) is 24.3. The van der Waals surface area contributed by atoms with Gasteiger partial charge in [0.05, 0.1) is 10.5 Å². The van der Waals surface area contributed by atoms with Crippen molar-refractivity contribution >= 4 is 32.9 Å². The number of hydrogen-bond acceptors (Lipinski definition) is 7. The topological polar surface area (TPSA) is 119 Å². The molecule has 0 spiro atoms. The van der Waals surface area contributed by atoms with E-state index in [0.717, 1.165) is 11.9 Å². The number of sulfone groups is 1. The van der Waals surface area contributed by atoms with E-state index in [2.05, 4.69) is 25.6 Å². The van der Waals surface area contributed by atoms with Gasteiger partial charge >= 0.3 is 5.76 Å². The van der Waals surface area contributed by atoms with Crippen LogP contribution in [0.25, 0.3) is 5.82 Å². The predicted molar refractivity (Wildman–Crippen MR) is 121 cm³/mol. The van der Waals surface area contributed by atoms with Gasteiger partial charge in [0.15, 0.2) is 0 Å². The van der Waals surface area contributed by atoms with Crippen molar-refractivity contribution in [2.45, 2.75) is 17.6 Å². The van der Waals surface area contributed by atoms with Gasteiger partial charge in [0.2, 0.25) is 9.84 Å². The lowest BCUT2D eigenvalue weighted by molar-refractivity contribution is 0.102. The van der Waals surface area contributed by atoms with Crippen LogP contribution in [0.15, 0.2) is 78.2 Å². The fourth-order valence-corrected chi connectivity index (χ4v) is 4.08. The Hall–Kier alpha value is -4.19. The highest BCUT2D eigenvalue weighted by Crippen LogP contribution is 2.24. The van der Waals surface area contributed by atoms with E-state index in [1.54, 1.807) is 47.3 Å². The second-order valence-electron chi connectivity index (χ2n) is 7.06. The summed E-state index contributed by atoms with van der Waals surface area (Å²) in [5.74, 6) is -2.52. The number of aryl methyl sites for hydroxylation is 1. The molecule has 0 aliphatic rings. The Kier molecular flexibility index (Phi) is 6.32. The number of alkyl halides is 2. The Morgan fingerprint density at radius 3 is 2.38 bits per heavy atom. The van der Waals surface area contributed by atoms with E-state index in [1.165, 1.54) is 24.5 Å². The van der Waals surface area contributed by atoms with Gasteiger partial charge < -0.3 is 10.6 Å². The molecule has 0 radical (unpaired) electrons. The van der Waals surface area contributed by atoms with Crippen molar-refractivity contribution in [1.29, 1.82) is 0 Å². The molecule has 2 aromatic heterocycles. The summed E-state index contributed by atoms with van der Waals surface area (Å²) in [4.78, 5) is 24.5. The first-order chi connectivity index (χ1) is 16.3. The molecule has 0 saturated carbocycles.